The summed E-state index contributed by atoms with van der Waals surface area (Å²) in [5, 5.41) is 5.55. The molecule has 0 saturated carbocycles. The lowest BCUT2D eigenvalue weighted by atomic mass is 10.2. The van der Waals surface area contributed by atoms with E-state index >= 15 is 0 Å². The van der Waals surface area contributed by atoms with Crippen molar-refractivity contribution in [1.29, 1.82) is 0 Å². The molecule has 0 fully saturated rings. The van der Waals surface area contributed by atoms with Crippen LogP contribution < -0.4 is 9.64 Å². The van der Waals surface area contributed by atoms with Crippen LogP contribution in [0.25, 0.3) is 0 Å². The van der Waals surface area contributed by atoms with Crippen LogP contribution in [0.1, 0.15) is 0 Å². The van der Waals surface area contributed by atoms with Gasteiger partial charge in [0, 0.05) is 7.05 Å². The second-order valence-electron chi connectivity index (χ2n) is 3.78. The molecule has 0 unspecified atom stereocenters. The summed E-state index contributed by atoms with van der Waals surface area (Å²) < 4.78 is 5.57. The van der Waals surface area contributed by atoms with Gasteiger partial charge in [0.1, 0.15) is 18.9 Å². The van der Waals surface area contributed by atoms with Crippen LogP contribution in [0, 0.1) is 0 Å². The molecule has 0 bridgehead atoms. The molecule has 1 amide bonds. The number of hydrazone groups is 1. The molecule has 0 radical (unpaired) electrons. The smallest absolute Gasteiger partial charge is 0.262 e. The Kier molecular flexibility index (Phi) is 1.86. The Balaban J connectivity index is 2.08. The largest absolute Gasteiger partial charge is 0.483 e. The molecule has 82 valence electrons. The lowest BCUT2D eigenvalue weighted by Crippen LogP contribution is -2.50. The number of likely N-dealkylation sites (N-methyl/N-ethyl adjacent to an activating group) is 1. The summed E-state index contributed by atoms with van der Waals surface area (Å²) in [7, 11) is 1.66. The van der Waals surface area contributed by atoms with Gasteiger partial charge in [-0.15, -0.1) is 0 Å². The summed E-state index contributed by atoms with van der Waals surface area (Å²) in [5.74, 6) is 1.57. The number of carbonyl (C=O) groups is 1. The number of hydrogen-bond acceptors (Lipinski definition) is 4. The molecule has 3 rings (SSSR count). The van der Waals surface area contributed by atoms with Crippen molar-refractivity contribution in [1.82, 2.24) is 5.01 Å². The van der Waals surface area contributed by atoms with E-state index in [-0.39, 0.29) is 5.91 Å². The second kappa shape index (κ2) is 3.23. The normalized spacial score (nSPS) is 18.6. The van der Waals surface area contributed by atoms with Crippen molar-refractivity contribution in [2.24, 2.45) is 5.10 Å². The molecular formula is C11H11N3O2. The number of ether oxygens (including phenoxy) is 1. The zero-order valence-corrected chi connectivity index (χ0v) is 8.88. The maximum atomic E-state index is 11.6. The molecule has 0 aromatic heterocycles. The maximum absolute atomic E-state index is 11.6. The summed E-state index contributed by atoms with van der Waals surface area (Å²) in [4.78, 5) is 13.5. The molecule has 1 aromatic carbocycles. The topological polar surface area (TPSA) is 45.1 Å². The number of hydrogen-bond donors (Lipinski definition) is 0. The summed E-state index contributed by atoms with van der Waals surface area (Å²) in [6.45, 7) is 0.740. The van der Waals surface area contributed by atoms with E-state index in [1.54, 1.807) is 7.05 Å². The Morgan fingerprint density at radius 2 is 2.19 bits per heavy atom. The van der Waals surface area contributed by atoms with Gasteiger partial charge < -0.3 is 9.64 Å². The van der Waals surface area contributed by atoms with E-state index in [0.29, 0.717) is 13.2 Å². The number of fused-ring (bicyclic) bond motifs is 3. The van der Waals surface area contributed by atoms with Gasteiger partial charge in [0.2, 0.25) is 0 Å². The van der Waals surface area contributed by atoms with Crippen LogP contribution in [-0.4, -0.2) is 37.0 Å². The van der Waals surface area contributed by atoms with Gasteiger partial charge in [0.15, 0.2) is 5.84 Å². The van der Waals surface area contributed by atoms with Gasteiger partial charge in [-0.2, -0.15) is 5.10 Å². The first-order valence-electron chi connectivity index (χ1n) is 5.09. The van der Waals surface area contributed by atoms with Crippen molar-refractivity contribution in [3.8, 4) is 5.75 Å². The fraction of sp³-hybridized carbons (Fsp3) is 0.273. The van der Waals surface area contributed by atoms with Crippen LogP contribution in [0.15, 0.2) is 29.4 Å². The minimum atomic E-state index is -0.0135. The molecule has 0 saturated heterocycles. The van der Waals surface area contributed by atoms with Crippen LogP contribution in [0.3, 0.4) is 0 Å². The zero-order chi connectivity index (χ0) is 11.1. The average molecular weight is 217 g/mol. The first kappa shape index (κ1) is 9.21. The molecular weight excluding hydrogens is 206 g/mol. The number of amidine groups is 1. The van der Waals surface area contributed by atoms with Crippen LogP contribution in [-0.2, 0) is 4.79 Å². The first-order chi connectivity index (χ1) is 7.75. The third-order valence-electron chi connectivity index (χ3n) is 2.74. The van der Waals surface area contributed by atoms with Crippen LogP contribution >= 0.6 is 0 Å². The van der Waals surface area contributed by atoms with Crippen molar-refractivity contribution >= 4 is 17.4 Å². The molecule has 0 aliphatic carbocycles. The Labute approximate surface area is 92.9 Å². The van der Waals surface area contributed by atoms with Crippen LogP contribution in [0.5, 0.6) is 5.75 Å². The third-order valence-corrected chi connectivity index (χ3v) is 2.74. The van der Waals surface area contributed by atoms with Gasteiger partial charge in [-0.1, -0.05) is 12.1 Å². The minimum Gasteiger partial charge on any atom is -0.483 e. The standard InChI is InChI=1S/C11H11N3O2/c1-13-11(15)6-14-8-4-2-3-5-9(8)16-7-10(14)12-13/h2-5H,6-7H2,1H3. The fourth-order valence-electron chi connectivity index (χ4n) is 1.89. The van der Waals surface area contributed by atoms with E-state index in [0.717, 1.165) is 17.3 Å². The predicted molar refractivity (Wildman–Crippen MR) is 59.5 cm³/mol. The van der Waals surface area contributed by atoms with E-state index in [2.05, 4.69) is 5.10 Å². The zero-order valence-electron chi connectivity index (χ0n) is 8.88. The molecule has 1 aromatic rings. The lowest BCUT2D eigenvalue weighted by molar-refractivity contribution is -0.128. The molecule has 2 aliphatic rings. The quantitative estimate of drug-likeness (QED) is 0.641. The van der Waals surface area contributed by atoms with E-state index < -0.39 is 0 Å². The van der Waals surface area contributed by atoms with Gasteiger partial charge in [-0.3, -0.25) is 4.79 Å². The van der Waals surface area contributed by atoms with Gasteiger partial charge >= 0.3 is 0 Å². The van der Waals surface area contributed by atoms with E-state index in [1.165, 1.54) is 5.01 Å². The van der Waals surface area contributed by atoms with Crippen molar-refractivity contribution < 1.29 is 9.53 Å². The van der Waals surface area contributed by atoms with Crippen molar-refractivity contribution in [2.45, 2.75) is 0 Å². The van der Waals surface area contributed by atoms with Crippen LogP contribution in [0.4, 0.5) is 5.69 Å². The van der Waals surface area contributed by atoms with Crippen molar-refractivity contribution in [2.75, 3.05) is 25.1 Å². The number of rotatable bonds is 0. The van der Waals surface area contributed by atoms with E-state index in [9.17, 15) is 4.79 Å². The fourth-order valence-corrected chi connectivity index (χ4v) is 1.89. The molecule has 0 atom stereocenters. The Morgan fingerprint density at radius 3 is 3.06 bits per heavy atom. The molecule has 16 heavy (non-hydrogen) atoms. The minimum absolute atomic E-state index is 0.0135. The first-order valence-corrected chi connectivity index (χ1v) is 5.09. The van der Waals surface area contributed by atoms with Gasteiger partial charge in [0.25, 0.3) is 5.91 Å². The monoisotopic (exact) mass is 217 g/mol. The lowest BCUT2D eigenvalue weighted by Gasteiger charge is -2.35. The van der Waals surface area contributed by atoms with E-state index in [4.69, 9.17) is 4.74 Å². The highest BCUT2D eigenvalue weighted by atomic mass is 16.5. The van der Waals surface area contributed by atoms with Gasteiger partial charge in [-0.25, -0.2) is 5.01 Å². The van der Waals surface area contributed by atoms with Gasteiger partial charge in [-0.05, 0) is 12.1 Å². The average Bonchev–Trinajstić information content (AvgIpc) is 2.31. The summed E-state index contributed by atoms with van der Waals surface area (Å²) in [5.41, 5.74) is 0.911. The number of para-hydroxylation sites is 2. The van der Waals surface area contributed by atoms with Crippen molar-refractivity contribution in [3.63, 3.8) is 0 Å². The third kappa shape index (κ3) is 1.25. The molecule has 2 aliphatic heterocycles. The number of carbonyl (C=O) groups excluding carboxylic acids is 1. The second-order valence-corrected chi connectivity index (χ2v) is 3.78. The highest BCUT2D eigenvalue weighted by Gasteiger charge is 2.30. The maximum Gasteiger partial charge on any atom is 0.262 e. The Bertz CT molecular complexity index is 484. The van der Waals surface area contributed by atoms with E-state index in [1.807, 2.05) is 29.2 Å². The number of nitrogens with zero attached hydrogens (tertiary/aromatic N) is 3. The highest BCUT2D eigenvalue weighted by molar-refractivity contribution is 6.07. The highest BCUT2D eigenvalue weighted by Crippen LogP contribution is 2.32. The number of amides is 1. The summed E-state index contributed by atoms with van der Waals surface area (Å²) in [6.07, 6.45) is 0. The molecule has 2 heterocycles. The molecule has 0 N–H and O–H groups in total. The number of anilines is 1. The summed E-state index contributed by atoms with van der Waals surface area (Å²) in [6, 6.07) is 7.67. The Morgan fingerprint density at radius 1 is 1.38 bits per heavy atom. The van der Waals surface area contributed by atoms with Crippen LogP contribution in [0.2, 0.25) is 0 Å². The SMILES string of the molecule is CN1N=C2COc3ccccc3N2CC1=O. The van der Waals surface area contributed by atoms with Gasteiger partial charge in [0.05, 0.1) is 5.69 Å². The predicted octanol–water partition coefficient (Wildman–Crippen LogP) is 0.671. The Hall–Kier alpha value is -2.04. The number of benzene rings is 1. The molecule has 5 heteroatoms. The summed E-state index contributed by atoms with van der Waals surface area (Å²) >= 11 is 0. The van der Waals surface area contributed by atoms with Crippen molar-refractivity contribution in [3.05, 3.63) is 24.3 Å². The molecule has 0 spiro atoms. The molecule has 5 nitrogen and oxygen atoms in total.